The molecule has 1 heterocycles. The second-order valence-corrected chi connectivity index (χ2v) is 7.91. The third-order valence-corrected chi connectivity index (χ3v) is 5.57. The number of aromatic nitrogens is 2. The van der Waals surface area contributed by atoms with Crippen LogP contribution in [0.15, 0.2) is 18.2 Å². The monoisotopic (exact) mass is 323 g/mol. The Hall–Kier alpha value is -1.58. The molecule has 4 heteroatoms. The van der Waals surface area contributed by atoms with Gasteiger partial charge < -0.3 is 9.36 Å². The highest BCUT2D eigenvalue weighted by Crippen LogP contribution is 2.34. The zero-order valence-electron chi connectivity index (χ0n) is 15.5. The van der Waals surface area contributed by atoms with Crippen molar-refractivity contribution in [2.45, 2.75) is 65.8 Å². The maximum Gasteiger partial charge on any atom is 0.290 e. The van der Waals surface area contributed by atoms with Crippen molar-refractivity contribution >= 4 is 29.7 Å². The van der Waals surface area contributed by atoms with Gasteiger partial charge in [0.25, 0.3) is 7.28 Å². The van der Waals surface area contributed by atoms with Crippen LogP contribution in [-0.2, 0) is 4.79 Å². The van der Waals surface area contributed by atoms with E-state index in [2.05, 4.69) is 50.5 Å². The second kappa shape index (κ2) is 6.74. The van der Waals surface area contributed by atoms with Crippen molar-refractivity contribution in [1.29, 1.82) is 0 Å². The average molecular weight is 323 g/mol. The van der Waals surface area contributed by atoms with E-state index >= 15 is 0 Å². The summed E-state index contributed by atoms with van der Waals surface area (Å²) in [4.78, 5) is 17.4. The Labute approximate surface area is 146 Å². The lowest BCUT2D eigenvalue weighted by Crippen LogP contribution is -2.39. The number of benzene rings is 1. The molecule has 0 unspecified atom stereocenters. The molecule has 0 saturated heterocycles. The minimum atomic E-state index is 0.0332. The van der Waals surface area contributed by atoms with E-state index in [4.69, 9.17) is 4.98 Å². The summed E-state index contributed by atoms with van der Waals surface area (Å²) in [6.07, 6.45) is 3.64. The van der Waals surface area contributed by atoms with Crippen LogP contribution in [0.3, 0.4) is 0 Å². The predicted octanol–water partition coefficient (Wildman–Crippen LogP) is 4.03. The van der Waals surface area contributed by atoms with Crippen LogP contribution < -0.4 is 5.72 Å². The molecule has 1 aliphatic carbocycles. The van der Waals surface area contributed by atoms with Gasteiger partial charge in [-0.05, 0) is 48.8 Å². The minimum absolute atomic E-state index is 0.0332. The second-order valence-electron chi connectivity index (χ2n) is 7.91. The van der Waals surface area contributed by atoms with Crippen LogP contribution >= 0.6 is 0 Å². The van der Waals surface area contributed by atoms with Gasteiger partial charge in [-0.2, -0.15) is 0 Å². The molecule has 2 aromatic rings. The number of nitrogens with zero attached hydrogens (tertiary/aromatic N) is 2. The molecule has 1 aliphatic rings. The van der Waals surface area contributed by atoms with E-state index in [1.165, 1.54) is 30.3 Å². The molecule has 0 aliphatic heterocycles. The first kappa shape index (κ1) is 17.3. The van der Waals surface area contributed by atoms with Crippen LogP contribution in [-0.4, -0.2) is 22.5 Å². The van der Waals surface area contributed by atoms with Crippen LogP contribution in [0.5, 0.6) is 0 Å². The minimum Gasteiger partial charge on any atom is -0.333 e. The molecule has 1 saturated carbocycles. The molecule has 0 spiro atoms. The Bertz CT molecular complexity index is 743. The van der Waals surface area contributed by atoms with Gasteiger partial charge >= 0.3 is 0 Å². The first-order valence-corrected chi connectivity index (χ1v) is 9.29. The third-order valence-electron chi connectivity index (χ3n) is 5.57. The molecular formula is C20H28BN2O. The Morgan fingerprint density at radius 3 is 2.46 bits per heavy atom. The summed E-state index contributed by atoms with van der Waals surface area (Å²) in [5.74, 6) is 0.878. The Morgan fingerprint density at radius 1 is 1.21 bits per heavy atom. The van der Waals surface area contributed by atoms with Crippen molar-refractivity contribution in [2.24, 2.45) is 11.8 Å². The highest BCUT2D eigenvalue weighted by atomic mass is 16.1. The smallest absolute Gasteiger partial charge is 0.290 e. The van der Waals surface area contributed by atoms with Crippen molar-refractivity contribution in [3.63, 3.8) is 0 Å². The van der Waals surface area contributed by atoms with Gasteiger partial charge in [-0.3, -0.25) is 0 Å². The zero-order chi connectivity index (χ0) is 17.4. The van der Waals surface area contributed by atoms with E-state index in [1.54, 1.807) is 7.28 Å². The largest absolute Gasteiger partial charge is 0.333 e. The van der Waals surface area contributed by atoms with Crippen LogP contribution in [0.25, 0.3) is 11.0 Å². The summed E-state index contributed by atoms with van der Waals surface area (Å²) in [5.41, 5.74) is 4.54. The van der Waals surface area contributed by atoms with Crippen LogP contribution in [0.1, 0.15) is 71.4 Å². The number of imidazole rings is 1. The number of hydrogen-bond donors (Lipinski definition) is 0. The van der Waals surface area contributed by atoms with Crippen molar-refractivity contribution in [3.05, 3.63) is 23.8 Å². The van der Waals surface area contributed by atoms with Gasteiger partial charge in [-0.25, -0.2) is 4.98 Å². The molecule has 1 radical (unpaired) electrons. The summed E-state index contributed by atoms with van der Waals surface area (Å²) in [6.45, 7) is 10.6. The molecule has 3 nitrogen and oxygen atoms in total. The summed E-state index contributed by atoms with van der Waals surface area (Å²) in [7, 11) is 1.78. The molecule has 1 aromatic carbocycles. The molecule has 1 fully saturated rings. The Balaban J connectivity index is 2.01. The first-order chi connectivity index (χ1) is 11.4. The normalized spacial score (nSPS) is 16.6. The SMILES string of the molecule is CC(C)c1ccc2nc([B]C(=O)[C@@H](C)C(C)C)n(C3CCC3)c2c1. The maximum absolute atomic E-state index is 12.6. The Kier molecular flexibility index (Phi) is 4.84. The predicted molar refractivity (Wildman–Crippen MR) is 101 cm³/mol. The summed E-state index contributed by atoms with van der Waals surface area (Å²) >= 11 is 0. The van der Waals surface area contributed by atoms with Crippen molar-refractivity contribution < 1.29 is 4.79 Å². The highest BCUT2D eigenvalue weighted by Gasteiger charge is 2.28. The van der Waals surface area contributed by atoms with Gasteiger partial charge in [0.05, 0.1) is 22.4 Å². The van der Waals surface area contributed by atoms with E-state index in [-0.39, 0.29) is 11.6 Å². The van der Waals surface area contributed by atoms with E-state index in [1.807, 2.05) is 6.92 Å². The fourth-order valence-electron chi connectivity index (χ4n) is 3.21. The third kappa shape index (κ3) is 3.15. The van der Waals surface area contributed by atoms with Crippen molar-refractivity contribution in [1.82, 2.24) is 9.55 Å². The molecule has 3 rings (SSSR count). The van der Waals surface area contributed by atoms with Gasteiger partial charge in [-0.15, -0.1) is 0 Å². The number of hydrogen-bond acceptors (Lipinski definition) is 2. The molecule has 1 atom stereocenters. The molecule has 0 N–H and O–H groups in total. The van der Waals surface area contributed by atoms with Crippen LogP contribution in [0, 0.1) is 11.8 Å². The fourth-order valence-corrected chi connectivity index (χ4v) is 3.21. The topological polar surface area (TPSA) is 34.9 Å². The molecule has 24 heavy (non-hydrogen) atoms. The van der Waals surface area contributed by atoms with Gasteiger partial charge in [0, 0.05) is 12.0 Å². The Morgan fingerprint density at radius 2 is 1.92 bits per heavy atom. The maximum atomic E-state index is 12.6. The van der Waals surface area contributed by atoms with E-state index < -0.39 is 0 Å². The molecule has 0 amide bonds. The summed E-state index contributed by atoms with van der Waals surface area (Å²) < 4.78 is 2.32. The molecule has 127 valence electrons. The molecular weight excluding hydrogens is 295 g/mol. The number of fused-ring (bicyclic) bond motifs is 1. The van der Waals surface area contributed by atoms with Crippen LogP contribution in [0.2, 0.25) is 0 Å². The van der Waals surface area contributed by atoms with Gasteiger partial charge in [-0.1, -0.05) is 40.7 Å². The van der Waals surface area contributed by atoms with Gasteiger partial charge in [0.1, 0.15) is 0 Å². The number of rotatable bonds is 6. The first-order valence-electron chi connectivity index (χ1n) is 9.29. The van der Waals surface area contributed by atoms with E-state index in [9.17, 15) is 4.79 Å². The summed E-state index contributed by atoms with van der Waals surface area (Å²) in [5, 5.41) is 0. The van der Waals surface area contributed by atoms with Gasteiger partial charge in [0.2, 0.25) is 0 Å². The van der Waals surface area contributed by atoms with E-state index in [0.29, 0.717) is 17.9 Å². The van der Waals surface area contributed by atoms with Crippen molar-refractivity contribution in [2.75, 3.05) is 0 Å². The highest BCUT2D eigenvalue weighted by molar-refractivity contribution is 6.83. The molecule has 1 aromatic heterocycles. The lowest BCUT2D eigenvalue weighted by Gasteiger charge is -2.29. The van der Waals surface area contributed by atoms with E-state index in [0.717, 1.165) is 11.2 Å². The quantitative estimate of drug-likeness (QED) is 0.752. The standard InChI is InChI=1S/C20H28BN2O/c1-12(2)14(5)19(24)21-20-22-17-10-9-15(13(3)4)11-18(17)23(20)16-7-6-8-16/h9-14,16H,6-8H2,1-5H3/t14-/m0/s1. The summed E-state index contributed by atoms with van der Waals surface area (Å²) in [6, 6.07) is 7.02. The molecule has 0 bridgehead atoms. The lowest BCUT2D eigenvalue weighted by molar-refractivity contribution is -0.116. The lowest BCUT2D eigenvalue weighted by atomic mass is 9.65. The van der Waals surface area contributed by atoms with Crippen molar-refractivity contribution in [3.8, 4) is 0 Å². The van der Waals surface area contributed by atoms with Crippen LogP contribution in [0.4, 0.5) is 0 Å². The average Bonchev–Trinajstić information content (AvgIpc) is 2.82. The number of carbonyl (C=O) groups excluding carboxylic acids is 1. The zero-order valence-corrected chi connectivity index (χ0v) is 15.5. The van der Waals surface area contributed by atoms with Gasteiger partial charge in [0.15, 0.2) is 0 Å². The number of carbonyl (C=O) groups is 1. The fraction of sp³-hybridized carbons (Fsp3) is 0.600.